The topological polar surface area (TPSA) is 41.0 Å². The summed E-state index contributed by atoms with van der Waals surface area (Å²) in [5.74, 6) is 1.47. The molecule has 0 atom stereocenters. The van der Waals surface area contributed by atoms with Crippen LogP contribution in [-0.2, 0) is 12.8 Å². The first-order valence-electron chi connectivity index (χ1n) is 12.7. The van der Waals surface area contributed by atoms with Gasteiger partial charge in [-0.3, -0.25) is 0 Å². The molecule has 0 bridgehead atoms. The van der Waals surface area contributed by atoms with Crippen LogP contribution in [0.1, 0.15) is 53.2 Å². The van der Waals surface area contributed by atoms with Crippen LogP contribution in [0, 0.1) is 0 Å². The number of rotatable bonds is 6. The Bertz CT molecular complexity index is 1190. The van der Waals surface area contributed by atoms with E-state index in [9.17, 15) is 0 Å². The molecule has 0 amide bonds. The molecule has 2 aromatic carbocycles. The van der Waals surface area contributed by atoms with Crippen LogP contribution in [0.4, 0.5) is 5.82 Å². The Morgan fingerprint density at radius 1 is 0.882 bits per heavy atom. The predicted octanol–water partition coefficient (Wildman–Crippen LogP) is 6.28. The van der Waals surface area contributed by atoms with Gasteiger partial charge in [-0.05, 0) is 55.2 Å². The molecule has 1 aliphatic carbocycles. The van der Waals surface area contributed by atoms with E-state index in [0.717, 1.165) is 43.1 Å². The van der Waals surface area contributed by atoms with Crippen LogP contribution in [-0.4, -0.2) is 40.5 Å². The lowest BCUT2D eigenvalue weighted by molar-refractivity contribution is 0.213. The minimum atomic E-state index is 0.408. The second-order valence-electron chi connectivity index (χ2n) is 9.71. The number of nitrogens with zero attached hydrogens (tertiary/aromatic N) is 3. The number of hydrogen-bond donors (Lipinski definition) is 1. The lowest BCUT2D eigenvalue weighted by Gasteiger charge is -2.35. The zero-order valence-corrected chi connectivity index (χ0v) is 20.4. The largest absolute Gasteiger partial charge is 0.367 e. The van der Waals surface area contributed by atoms with E-state index >= 15 is 0 Å². The van der Waals surface area contributed by atoms with E-state index in [1.807, 2.05) is 11.3 Å². The van der Waals surface area contributed by atoms with E-state index in [1.54, 1.807) is 6.33 Å². The van der Waals surface area contributed by atoms with Gasteiger partial charge in [-0.1, -0.05) is 60.7 Å². The highest BCUT2D eigenvalue weighted by Gasteiger charge is 2.25. The van der Waals surface area contributed by atoms with Gasteiger partial charge in [-0.25, -0.2) is 9.97 Å². The van der Waals surface area contributed by atoms with Crippen molar-refractivity contribution in [3.8, 4) is 0 Å². The van der Waals surface area contributed by atoms with Gasteiger partial charge in [0.1, 0.15) is 17.0 Å². The number of hydrogen-bond acceptors (Lipinski definition) is 5. The molecule has 1 N–H and O–H groups in total. The number of anilines is 1. The van der Waals surface area contributed by atoms with Crippen LogP contribution < -0.4 is 5.32 Å². The van der Waals surface area contributed by atoms with Crippen molar-refractivity contribution in [2.45, 2.75) is 50.5 Å². The summed E-state index contributed by atoms with van der Waals surface area (Å²) in [6.07, 6.45) is 9.01. The first-order chi connectivity index (χ1) is 16.8. The molecule has 1 aliphatic heterocycles. The molecule has 0 unspecified atom stereocenters. The molecule has 5 heteroatoms. The van der Waals surface area contributed by atoms with Crippen LogP contribution in [0.2, 0.25) is 0 Å². The van der Waals surface area contributed by atoms with Gasteiger partial charge in [-0.15, -0.1) is 11.3 Å². The van der Waals surface area contributed by atoms with Crippen molar-refractivity contribution in [1.82, 2.24) is 14.9 Å². The van der Waals surface area contributed by atoms with E-state index in [4.69, 9.17) is 4.98 Å². The minimum Gasteiger partial charge on any atom is -0.367 e. The minimum absolute atomic E-state index is 0.408. The fourth-order valence-corrected chi connectivity index (χ4v) is 6.91. The van der Waals surface area contributed by atoms with Crippen molar-refractivity contribution in [3.05, 3.63) is 88.6 Å². The molecule has 0 saturated carbocycles. The number of fused-ring (bicyclic) bond motifs is 3. The second-order valence-corrected chi connectivity index (χ2v) is 10.8. The molecule has 3 heterocycles. The molecule has 2 aliphatic rings. The third kappa shape index (κ3) is 4.47. The average Bonchev–Trinajstić information content (AvgIpc) is 3.29. The molecular formula is C29H32N4S. The third-order valence-electron chi connectivity index (χ3n) is 7.52. The van der Waals surface area contributed by atoms with E-state index in [-0.39, 0.29) is 0 Å². The molecule has 0 spiro atoms. The summed E-state index contributed by atoms with van der Waals surface area (Å²) in [6, 6.07) is 22.4. The Hall–Kier alpha value is -2.76. The highest BCUT2D eigenvalue weighted by atomic mass is 32.1. The number of aromatic nitrogens is 2. The van der Waals surface area contributed by atoms with Crippen molar-refractivity contribution >= 4 is 27.4 Å². The van der Waals surface area contributed by atoms with Crippen LogP contribution in [0.3, 0.4) is 0 Å². The summed E-state index contributed by atoms with van der Waals surface area (Å²) in [5, 5.41) is 5.13. The molecule has 6 rings (SSSR count). The third-order valence-corrected chi connectivity index (χ3v) is 8.72. The van der Waals surface area contributed by atoms with Gasteiger partial charge in [0.25, 0.3) is 0 Å². The van der Waals surface area contributed by atoms with E-state index in [1.165, 1.54) is 52.6 Å². The molecule has 1 fully saturated rings. The normalized spacial score (nSPS) is 17.2. The molecule has 34 heavy (non-hydrogen) atoms. The van der Waals surface area contributed by atoms with Gasteiger partial charge >= 0.3 is 0 Å². The average molecular weight is 469 g/mol. The molecule has 4 nitrogen and oxygen atoms in total. The van der Waals surface area contributed by atoms with Crippen molar-refractivity contribution in [2.75, 3.05) is 25.0 Å². The van der Waals surface area contributed by atoms with Gasteiger partial charge in [0.2, 0.25) is 0 Å². The van der Waals surface area contributed by atoms with Gasteiger partial charge in [0, 0.05) is 36.5 Å². The quantitative estimate of drug-likeness (QED) is 0.362. The predicted molar refractivity (Wildman–Crippen MR) is 142 cm³/mol. The van der Waals surface area contributed by atoms with Crippen molar-refractivity contribution in [3.63, 3.8) is 0 Å². The van der Waals surface area contributed by atoms with Crippen LogP contribution in [0.25, 0.3) is 10.2 Å². The maximum absolute atomic E-state index is 4.70. The zero-order chi connectivity index (χ0) is 22.7. The molecule has 1 saturated heterocycles. The van der Waals surface area contributed by atoms with Crippen molar-refractivity contribution in [1.29, 1.82) is 0 Å². The van der Waals surface area contributed by atoms with E-state index in [2.05, 4.69) is 75.9 Å². The Morgan fingerprint density at radius 2 is 1.56 bits per heavy atom. The van der Waals surface area contributed by atoms with Crippen LogP contribution >= 0.6 is 11.3 Å². The fourth-order valence-electron chi connectivity index (χ4n) is 5.69. The highest BCUT2D eigenvalue weighted by Crippen LogP contribution is 2.38. The summed E-state index contributed by atoms with van der Waals surface area (Å²) >= 11 is 1.88. The first-order valence-corrected chi connectivity index (χ1v) is 13.5. The maximum atomic E-state index is 4.70. The van der Waals surface area contributed by atoms with Gasteiger partial charge in [0.05, 0.1) is 5.39 Å². The van der Waals surface area contributed by atoms with Gasteiger partial charge in [-0.2, -0.15) is 0 Å². The number of aryl methyl sites for hydroxylation is 2. The summed E-state index contributed by atoms with van der Waals surface area (Å²) in [7, 11) is 0. The monoisotopic (exact) mass is 468 g/mol. The number of likely N-dealkylation sites (tertiary alicyclic amines) is 1. The highest BCUT2D eigenvalue weighted by molar-refractivity contribution is 7.19. The Morgan fingerprint density at radius 3 is 2.26 bits per heavy atom. The SMILES string of the molecule is c1ccc(C(CN2CCC(Nc3ncnc4sc5c(c34)CCCC5)CC2)c2ccccc2)cc1. The molecule has 2 aromatic heterocycles. The Labute approximate surface area is 206 Å². The lowest BCUT2D eigenvalue weighted by Crippen LogP contribution is -2.41. The number of nitrogens with one attached hydrogen (secondary N) is 1. The fraction of sp³-hybridized carbons (Fsp3) is 0.379. The maximum Gasteiger partial charge on any atom is 0.138 e. The number of piperidine rings is 1. The lowest BCUT2D eigenvalue weighted by atomic mass is 9.90. The van der Waals surface area contributed by atoms with Gasteiger partial charge in [0.15, 0.2) is 0 Å². The first kappa shape index (κ1) is 21.8. The molecule has 4 aromatic rings. The van der Waals surface area contributed by atoms with Crippen LogP contribution in [0.5, 0.6) is 0 Å². The summed E-state index contributed by atoms with van der Waals surface area (Å²) < 4.78 is 0. The van der Waals surface area contributed by atoms with Crippen molar-refractivity contribution < 1.29 is 0 Å². The molecule has 174 valence electrons. The summed E-state index contributed by atoms with van der Waals surface area (Å²) in [5.41, 5.74) is 4.32. The standard InChI is InChI=1S/C29H32N4S/c1-3-9-21(10-4-1)25(22-11-5-2-6-12-22)19-33-17-15-23(16-18-33)32-28-27-24-13-7-8-14-26(24)34-29(27)31-20-30-28/h1-6,9-12,20,23,25H,7-8,13-19H2,(H,30,31,32). The van der Waals surface area contributed by atoms with E-state index < -0.39 is 0 Å². The number of benzene rings is 2. The summed E-state index contributed by atoms with van der Waals surface area (Å²) in [6.45, 7) is 3.30. The summed E-state index contributed by atoms with van der Waals surface area (Å²) in [4.78, 5) is 14.6. The number of thiophene rings is 1. The Kier molecular flexibility index (Phi) is 6.30. The molecule has 0 radical (unpaired) electrons. The van der Waals surface area contributed by atoms with Crippen molar-refractivity contribution in [2.24, 2.45) is 0 Å². The van der Waals surface area contributed by atoms with Crippen LogP contribution in [0.15, 0.2) is 67.0 Å². The van der Waals surface area contributed by atoms with Gasteiger partial charge < -0.3 is 10.2 Å². The molecular weight excluding hydrogens is 436 g/mol. The zero-order valence-electron chi connectivity index (χ0n) is 19.6. The second kappa shape index (κ2) is 9.85. The van der Waals surface area contributed by atoms with E-state index in [0.29, 0.717) is 12.0 Å². The smallest absolute Gasteiger partial charge is 0.138 e. The Balaban J connectivity index is 1.14.